The first-order valence-corrected chi connectivity index (χ1v) is 7.17. The van der Waals surface area contributed by atoms with Gasteiger partial charge in [0.2, 0.25) is 0 Å². The van der Waals surface area contributed by atoms with Crippen LogP contribution in [0.25, 0.3) is 0 Å². The molecule has 1 saturated carbocycles. The Kier molecular flexibility index (Phi) is 5.06. The predicted molar refractivity (Wildman–Crippen MR) is 74.2 cm³/mol. The summed E-state index contributed by atoms with van der Waals surface area (Å²) in [5, 5.41) is 3.72. The third kappa shape index (κ3) is 4.51. The first-order chi connectivity index (χ1) is 8.40. The number of benzene rings is 1. The molecule has 1 atom stereocenters. The highest BCUT2D eigenvalue weighted by molar-refractivity contribution is 5.14. The first kappa shape index (κ1) is 12.6. The van der Waals surface area contributed by atoms with Crippen molar-refractivity contribution in [3.8, 4) is 0 Å². The molecule has 0 saturated heterocycles. The van der Waals surface area contributed by atoms with Crippen LogP contribution in [0.3, 0.4) is 0 Å². The van der Waals surface area contributed by atoms with Gasteiger partial charge in [-0.1, -0.05) is 37.3 Å². The fourth-order valence-electron chi connectivity index (χ4n) is 2.50. The highest BCUT2D eigenvalue weighted by atomic mass is 14.9. The second kappa shape index (κ2) is 6.80. The SMILES string of the molecule is CCCNC(CCCc1ccccc1)C1CC1. The standard InChI is InChI=1S/C16H25N/c1-2-13-17-16(15-11-12-15)10-6-9-14-7-4-3-5-8-14/h3-5,7-8,15-17H,2,6,9-13H2,1H3. The predicted octanol–water partition coefficient (Wildman–Crippen LogP) is 3.79. The van der Waals surface area contributed by atoms with Crippen molar-refractivity contribution in [2.75, 3.05) is 6.54 Å². The van der Waals surface area contributed by atoms with E-state index in [1.807, 2.05) is 0 Å². The summed E-state index contributed by atoms with van der Waals surface area (Å²) in [6.07, 6.45) is 8.06. The number of hydrogen-bond acceptors (Lipinski definition) is 1. The topological polar surface area (TPSA) is 12.0 Å². The molecular formula is C16H25N. The van der Waals surface area contributed by atoms with Gasteiger partial charge in [-0.3, -0.25) is 0 Å². The van der Waals surface area contributed by atoms with Gasteiger partial charge in [-0.25, -0.2) is 0 Å². The average Bonchev–Trinajstić information content (AvgIpc) is 3.19. The van der Waals surface area contributed by atoms with Gasteiger partial charge in [0.1, 0.15) is 0 Å². The lowest BCUT2D eigenvalue weighted by molar-refractivity contribution is 0.425. The second-order valence-electron chi connectivity index (χ2n) is 5.28. The molecule has 0 spiro atoms. The Labute approximate surface area is 106 Å². The molecule has 0 aliphatic heterocycles. The van der Waals surface area contributed by atoms with E-state index in [2.05, 4.69) is 42.6 Å². The minimum Gasteiger partial charge on any atom is -0.314 e. The van der Waals surface area contributed by atoms with Gasteiger partial charge in [-0.2, -0.15) is 0 Å². The molecule has 1 aromatic carbocycles. The van der Waals surface area contributed by atoms with E-state index in [1.165, 1.54) is 50.6 Å². The Morgan fingerprint density at radius 3 is 2.65 bits per heavy atom. The maximum atomic E-state index is 3.72. The third-order valence-electron chi connectivity index (χ3n) is 3.67. The number of rotatable bonds is 8. The van der Waals surface area contributed by atoms with Crippen LogP contribution in [0.15, 0.2) is 30.3 Å². The molecule has 0 aromatic heterocycles. The van der Waals surface area contributed by atoms with Crippen LogP contribution in [0.5, 0.6) is 0 Å². The molecule has 1 aliphatic rings. The molecule has 1 fully saturated rings. The van der Waals surface area contributed by atoms with Crippen LogP contribution in [-0.4, -0.2) is 12.6 Å². The van der Waals surface area contributed by atoms with Crippen molar-refractivity contribution in [2.24, 2.45) is 5.92 Å². The van der Waals surface area contributed by atoms with E-state index < -0.39 is 0 Å². The van der Waals surface area contributed by atoms with E-state index >= 15 is 0 Å². The zero-order valence-corrected chi connectivity index (χ0v) is 11.0. The van der Waals surface area contributed by atoms with Gasteiger partial charge in [0.25, 0.3) is 0 Å². The molecule has 1 N–H and O–H groups in total. The lowest BCUT2D eigenvalue weighted by atomic mass is 10.0. The molecule has 0 heterocycles. The summed E-state index contributed by atoms with van der Waals surface area (Å²) in [5.41, 5.74) is 1.48. The van der Waals surface area contributed by atoms with Crippen molar-refractivity contribution < 1.29 is 0 Å². The first-order valence-electron chi connectivity index (χ1n) is 7.17. The van der Waals surface area contributed by atoms with Gasteiger partial charge < -0.3 is 5.32 Å². The fraction of sp³-hybridized carbons (Fsp3) is 0.625. The summed E-state index contributed by atoms with van der Waals surface area (Å²) in [6.45, 7) is 3.44. The van der Waals surface area contributed by atoms with Crippen LogP contribution in [0, 0.1) is 5.92 Å². The summed E-state index contributed by atoms with van der Waals surface area (Å²) >= 11 is 0. The molecule has 1 aliphatic carbocycles. The highest BCUT2D eigenvalue weighted by Crippen LogP contribution is 2.34. The molecule has 0 amide bonds. The van der Waals surface area contributed by atoms with E-state index in [4.69, 9.17) is 0 Å². The molecule has 17 heavy (non-hydrogen) atoms. The molecule has 2 rings (SSSR count). The van der Waals surface area contributed by atoms with Gasteiger partial charge in [0.05, 0.1) is 0 Å². The molecule has 1 heteroatoms. The monoisotopic (exact) mass is 231 g/mol. The largest absolute Gasteiger partial charge is 0.314 e. The van der Waals surface area contributed by atoms with Gasteiger partial charge in [-0.15, -0.1) is 0 Å². The molecule has 1 aromatic rings. The lowest BCUT2D eigenvalue weighted by Gasteiger charge is -2.17. The van der Waals surface area contributed by atoms with E-state index in [0.717, 1.165) is 12.0 Å². The van der Waals surface area contributed by atoms with Crippen molar-refractivity contribution >= 4 is 0 Å². The number of nitrogens with one attached hydrogen (secondary N) is 1. The van der Waals surface area contributed by atoms with Crippen LogP contribution < -0.4 is 5.32 Å². The Morgan fingerprint density at radius 2 is 2.00 bits per heavy atom. The maximum absolute atomic E-state index is 3.72. The molecule has 1 nitrogen and oxygen atoms in total. The Balaban J connectivity index is 1.68. The van der Waals surface area contributed by atoms with E-state index in [9.17, 15) is 0 Å². The third-order valence-corrected chi connectivity index (χ3v) is 3.67. The van der Waals surface area contributed by atoms with E-state index in [0.29, 0.717) is 0 Å². The fourth-order valence-corrected chi connectivity index (χ4v) is 2.50. The Bertz CT molecular complexity index is 303. The smallest absolute Gasteiger partial charge is 0.00954 e. The van der Waals surface area contributed by atoms with Gasteiger partial charge in [0.15, 0.2) is 0 Å². The summed E-state index contributed by atoms with van der Waals surface area (Å²) in [5.74, 6) is 0.984. The molecule has 0 bridgehead atoms. The van der Waals surface area contributed by atoms with E-state index in [-0.39, 0.29) is 0 Å². The number of hydrogen-bond donors (Lipinski definition) is 1. The quantitative estimate of drug-likeness (QED) is 0.718. The minimum absolute atomic E-state index is 0.790. The van der Waals surface area contributed by atoms with Crippen molar-refractivity contribution in [3.63, 3.8) is 0 Å². The normalized spacial score (nSPS) is 17.0. The zero-order chi connectivity index (χ0) is 11.9. The van der Waals surface area contributed by atoms with Gasteiger partial charge >= 0.3 is 0 Å². The minimum atomic E-state index is 0.790. The summed E-state index contributed by atoms with van der Waals surface area (Å²) < 4.78 is 0. The molecule has 94 valence electrons. The zero-order valence-electron chi connectivity index (χ0n) is 11.0. The molecule has 0 radical (unpaired) electrons. The van der Waals surface area contributed by atoms with E-state index in [1.54, 1.807) is 0 Å². The van der Waals surface area contributed by atoms with Crippen molar-refractivity contribution in [3.05, 3.63) is 35.9 Å². The summed E-state index contributed by atoms with van der Waals surface area (Å²) in [4.78, 5) is 0. The Morgan fingerprint density at radius 1 is 1.24 bits per heavy atom. The second-order valence-corrected chi connectivity index (χ2v) is 5.28. The van der Waals surface area contributed by atoms with Crippen LogP contribution in [-0.2, 0) is 6.42 Å². The highest BCUT2D eigenvalue weighted by Gasteiger charge is 2.29. The lowest BCUT2D eigenvalue weighted by Crippen LogP contribution is -2.31. The van der Waals surface area contributed by atoms with Crippen molar-refractivity contribution in [1.82, 2.24) is 5.32 Å². The Hall–Kier alpha value is -0.820. The van der Waals surface area contributed by atoms with Crippen LogP contribution in [0.1, 0.15) is 44.6 Å². The summed E-state index contributed by atoms with van der Waals surface area (Å²) in [6, 6.07) is 11.7. The van der Waals surface area contributed by atoms with Crippen LogP contribution >= 0.6 is 0 Å². The maximum Gasteiger partial charge on any atom is 0.00954 e. The van der Waals surface area contributed by atoms with Crippen LogP contribution in [0.2, 0.25) is 0 Å². The van der Waals surface area contributed by atoms with Crippen molar-refractivity contribution in [1.29, 1.82) is 0 Å². The van der Waals surface area contributed by atoms with Gasteiger partial charge in [-0.05, 0) is 56.6 Å². The molecule has 1 unspecified atom stereocenters. The van der Waals surface area contributed by atoms with Gasteiger partial charge in [0, 0.05) is 6.04 Å². The summed E-state index contributed by atoms with van der Waals surface area (Å²) in [7, 11) is 0. The average molecular weight is 231 g/mol. The molecular weight excluding hydrogens is 206 g/mol. The van der Waals surface area contributed by atoms with Crippen LogP contribution in [0.4, 0.5) is 0 Å². The number of aryl methyl sites for hydroxylation is 1. The van der Waals surface area contributed by atoms with Crippen molar-refractivity contribution in [2.45, 2.75) is 51.5 Å².